The topological polar surface area (TPSA) is 55.3 Å². The largest absolute Gasteiger partial charge is 0.431 e. The van der Waals surface area contributed by atoms with E-state index >= 15 is 0 Å². The number of nitrogens with two attached hydrogens (primary N) is 1. The van der Waals surface area contributed by atoms with Gasteiger partial charge in [-0.2, -0.15) is 0 Å². The van der Waals surface area contributed by atoms with Crippen molar-refractivity contribution in [3.63, 3.8) is 0 Å². The molecule has 1 aliphatic heterocycles. The number of aromatic nitrogens is 1. The van der Waals surface area contributed by atoms with E-state index in [2.05, 4.69) is 9.88 Å². The lowest BCUT2D eigenvalue weighted by atomic mass is 10.3. The fourth-order valence-corrected chi connectivity index (χ4v) is 3.09. The van der Waals surface area contributed by atoms with Crippen LogP contribution < -0.4 is 5.73 Å². The second kappa shape index (κ2) is 5.20. The van der Waals surface area contributed by atoms with Crippen molar-refractivity contribution in [2.75, 3.05) is 31.1 Å². The minimum absolute atomic E-state index is 0.726. The zero-order valence-corrected chi connectivity index (χ0v) is 11.1. The number of hydrogen-bond donors (Lipinski definition) is 1. The molecule has 0 radical (unpaired) electrons. The summed E-state index contributed by atoms with van der Waals surface area (Å²) in [5.74, 6) is 1.03. The number of fused-ring (bicyclic) bond motifs is 1. The zero-order valence-electron chi connectivity index (χ0n) is 10.3. The number of nitrogen functional groups attached to an aromatic ring is 1. The first-order valence-corrected chi connectivity index (χ1v) is 7.31. The maximum atomic E-state index is 5.72. The summed E-state index contributed by atoms with van der Waals surface area (Å²) in [7, 11) is 0. The number of hydrogen-bond acceptors (Lipinski definition) is 5. The van der Waals surface area contributed by atoms with Crippen LogP contribution in [0.15, 0.2) is 27.8 Å². The normalized spacial score (nSPS) is 16.7. The molecule has 1 aliphatic rings. The van der Waals surface area contributed by atoms with Gasteiger partial charge in [0.05, 0.1) is 0 Å². The van der Waals surface area contributed by atoms with Gasteiger partial charge in [-0.05, 0) is 44.1 Å². The van der Waals surface area contributed by atoms with Gasteiger partial charge in [-0.3, -0.25) is 0 Å². The lowest BCUT2D eigenvalue weighted by molar-refractivity contribution is 0.361. The van der Waals surface area contributed by atoms with Crippen molar-refractivity contribution in [1.82, 2.24) is 9.88 Å². The van der Waals surface area contributed by atoms with Gasteiger partial charge in [0.25, 0.3) is 5.22 Å². The van der Waals surface area contributed by atoms with E-state index in [1.807, 2.05) is 18.2 Å². The quantitative estimate of drug-likeness (QED) is 0.678. The van der Waals surface area contributed by atoms with Crippen LogP contribution in [0.3, 0.4) is 0 Å². The van der Waals surface area contributed by atoms with Crippen LogP contribution in [-0.2, 0) is 0 Å². The Balaban J connectivity index is 1.60. The molecule has 0 saturated carbocycles. The van der Waals surface area contributed by atoms with Gasteiger partial charge >= 0.3 is 0 Å². The molecule has 3 rings (SSSR count). The summed E-state index contributed by atoms with van der Waals surface area (Å²) < 4.78 is 5.67. The second-order valence-corrected chi connectivity index (χ2v) is 5.65. The van der Waals surface area contributed by atoms with E-state index in [0.29, 0.717) is 0 Å². The molecule has 2 heterocycles. The molecular formula is C13H17N3OS. The number of oxazole rings is 1. The van der Waals surface area contributed by atoms with E-state index in [4.69, 9.17) is 10.2 Å². The molecule has 0 aliphatic carbocycles. The van der Waals surface area contributed by atoms with Gasteiger partial charge in [-0.1, -0.05) is 11.8 Å². The van der Waals surface area contributed by atoms with E-state index in [1.165, 1.54) is 25.9 Å². The predicted molar refractivity (Wildman–Crippen MR) is 74.8 cm³/mol. The molecule has 96 valence electrons. The molecule has 1 aromatic carbocycles. The summed E-state index contributed by atoms with van der Waals surface area (Å²) >= 11 is 1.68. The van der Waals surface area contributed by atoms with Gasteiger partial charge < -0.3 is 15.1 Å². The van der Waals surface area contributed by atoms with Crippen molar-refractivity contribution >= 4 is 28.5 Å². The van der Waals surface area contributed by atoms with Gasteiger partial charge in [0.15, 0.2) is 5.58 Å². The molecule has 0 bridgehead atoms. The maximum absolute atomic E-state index is 5.72. The first-order valence-electron chi connectivity index (χ1n) is 6.32. The van der Waals surface area contributed by atoms with Gasteiger partial charge in [-0.15, -0.1) is 0 Å². The molecule has 4 nitrogen and oxygen atoms in total. The molecule has 2 aromatic rings. The Morgan fingerprint density at radius 2 is 2.17 bits per heavy atom. The van der Waals surface area contributed by atoms with Crippen molar-refractivity contribution in [1.29, 1.82) is 0 Å². The molecule has 0 unspecified atom stereocenters. The lowest BCUT2D eigenvalue weighted by Gasteiger charge is -2.12. The first-order chi connectivity index (χ1) is 8.81. The van der Waals surface area contributed by atoms with E-state index in [-0.39, 0.29) is 0 Å². The molecule has 1 aromatic heterocycles. The number of thioether (sulfide) groups is 1. The number of nitrogens with zero attached hydrogens (tertiary/aromatic N) is 2. The number of rotatable bonds is 4. The van der Waals surface area contributed by atoms with Gasteiger partial charge in [-0.25, -0.2) is 4.98 Å². The first kappa shape index (κ1) is 11.9. The Morgan fingerprint density at radius 3 is 3.00 bits per heavy atom. The van der Waals surface area contributed by atoms with E-state index < -0.39 is 0 Å². The minimum atomic E-state index is 0.726. The SMILES string of the molecule is Nc1ccc2oc(SCCN3CCCC3)nc2c1. The van der Waals surface area contributed by atoms with Crippen LogP contribution in [0.5, 0.6) is 0 Å². The third-order valence-electron chi connectivity index (χ3n) is 3.22. The van der Waals surface area contributed by atoms with E-state index in [9.17, 15) is 0 Å². The summed E-state index contributed by atoms with van der Waals surface area (Å²) in [4.78, 5) is 6.93. The number of anilines is 1. The molecule has 0 spiro atoms. The summed E-state index contributed by atoms with van der Waals surface area (Å²) in [6, 6.07) is 5.57. The van der Waals surface area contributed by atoms with Crippen LogP contribution in [-0.4, -0.2) is 35.3 Å². The van der Waals surface area contributed by atoms with Crippen molar-refractivity contribution in [2.45, 2.75) is 18.1 Å². The number of likely N-dealkylation sites (tertiary alicyclic amines) is 1. The van der Waals surface area contributed by atoms with Crippen molar-refractivity contribution in [3.05, 3.63) is 18.2 Å². The van der Waals surface area contributed by atoms with Gasteiger partial charge in [0.1, 0.15) is 5.52 Å². The summed E-state index contributed by atoms with van der Waals surface area (Å²) in [6.07, 6.45) is 2.68. The van der Waals surface area contributed by atoms with Crippen LogP contribution in [0.1, 0.15) is 12.8 Å². The zero-order chi connectivity index (χ0) is 12.4. The summed E-state index contributed by atoms with van der Waals surface area (Å²) in [6.45, 7) is 3.60. The molecule has 18 heavy (non-hydrogen) atoms. The second-order valence-electron chi connectivity index (χ2n) is 4.60. The van der Waals surface area contributed by atoms with Crippen LogP contribution in [0.4, 0.5) is 5.69 Å². The highest BCUT2D eigenvalue weighted by atomic mass is 32.2. The summed E-state index contributed by atoms with van der Waals surface area (Å²) in [5.41, 5.74) is 8.11. The van der Waals surface area contributed by atoms with E-state index in [0.717, 1.165) is 34.3 Å². The highest BCUT2D eigenvalue weighted by Gasteiger charge is 2.12. The van der Waals surface area contributed by atoms with Gasteiger partial charge in [0, 0.05) is 18.0 Å². The van der Waals surface area contributed by atoms with Crippen LogP contribution in [0.2, 0.25) is 0 Å². The smallest absolute Gasteiger partial charge is 0.256 e. The Kier molecular flexibility index (Phi) is 3.43. The maximum Gasteiger partial charge on any atom is 0.256 e. The monoisotopic (exact) mass is 263 g/mol. The lowest BCUT2D eigenvalue weighted by Crippen LogP contribution is -2.21. The van der Waals surface area contributed by atoms with Crippen molar-refractivity contribution in [2.24, 2.45) is 0 Å². The Hall–Kier alpha value is -1.20. The Morgan fingerprint density at radius 1 is 1.33 bits per heavy atom. The molecule has 0 atom stereocenters. The highest BCUT2D eigenvalue weighted by Crippen LogP contribution is 2.25. The van der Waals surface area contributed by atoms with E-state index in [1.54, 1.807) is 11.8 Å². The third kappa shape index (κ3) is 2.62. The molecule has 5 heteroatoms. The number of benzene rings is 1. The fraction of sp³-hybridized carbons (Fsp3) is 0.462. The van der Waals surface area contributed by atoms with Crippen LogP contribution >= 0.6 is 11.8 Å². The predicted octanol–water partition coefficient (Wildman–Crippen LogP) is 2.60. The third-order valence-corrected chi connectivity index (χ3v) is 4.03. The van der Waals surface area contributed by atoms with Gasteiger partial charge in [0.2, 0.25) is 0 Å². The minimum Gasteiger partial charge on any atom is -0.431 e. The van der Waals surface area contributed by atoms with Crippen molar-refractivity contribution in [3.8, 4) is 0 Å². The molecule has 0 amide bonds. The highest BCUT2D eigenvalue weighted by molar-refractivity contribution is 7.99. The summed E-state index contributed by atoms with van der Waals surface area (Å²) in [5, 5.41) is 0.745. The average Bonchev–Trinajstić information content (AvgIpc) is 2.97. The Labute approximate surface area is 111 Å². The Bertz CT molecular complexity index is 534. The average molecular weight is 263 g/mol. The molecule has 1 saturated heterocycles. The standard InChI is InChI=1S/C13H17N3OS/c14-10-3-4-12-11(9-10)15-13(17-12)18-8-7-16-5-1-2-6-16/h3-4,9H,1-2,5-8,14H2. The molecule has 1 fully saturated rings. The molecular weight excluding hydrogens is 246 g/mol. The van der Waals surface area contributed by atoms with Crippen molar-refractivity contribution < 1.29 is 4.42 Å². The fourth-order valence-electron chi connectivity index (χ4n) is 2.25. The van der Waals surface area contributed by atoms with Crippen LogP contribution in [0.25, 0.3) is 11.1 Å². The van der Waals surface area contributed by atoms with Crippen LogP contribution in [0, 0.1) is 0 Å². The molecule has 2 N–H and O–H groups in total.